The minimum Gasteiger partial charge on any atom is -0.314 e. The molecular formula is C11H23N3. The second kappa shape index (κ2) is 4.60. The van der Waals surface area contributed by atoms with Gasteiger partial charge in [-0.05, 0) is 33.4 Å². The molecule has 0 saturated carbocycles. The number of nitrogens with zero attached hydrogens (tertiary/aromatic N) is 2. The molecule has 0 bridgehead atoms. The Balaban J connectivity index is 1.85. The van der Waals surface area contributed by atoms with Crippen molar-refractivity contribution >= 4 is 0 Å². The predicted molar refractivity (Wildman–Crippen MR) is 59.6 cm³/mol. The van der Waals surface area contributed by atoms with Gasteiger partial charge in [0.2, 0.25) is 0 Å². The maximum Gasteiger partial charge on any atom is 0.0123 e. The molecule has 0 radical (unpaired) electrons. The second-order valence-electron chi connectivity index (χ2n) is 4.79. The highest BCUT2D eigenvalue weighted by Gasteiger charge is 2.27. The Hall–Kier alpha value is -0.120. The van der Waals surface area contributed by atoms with E-state index in [0.29, 0.717) is 0 Å². The molecule has 14 heavy (non-hydrogen) atoms. The Morgan fingerprint density at radius 3 is 2.50 bits per heavy atom. The summed E-state index contributed by atoms with van der Waals surface area (Å²) in [4.78, 5) is 5.17. The highest BCUT2D eigenvalue weighted by molar-refractivity contribution is 4.85. The fourth-order valence-electron chi connectivity index (χ4n) is 2.64. The standard InChI is InChI=1S/C11H23N3/c1-10-9-11(3-6-13(10)2)14-7-4-12-5-8-14/h10-12H,3-9H2,1-2H3/t10-,11-/m0/s1. The zero-order chi connectivity index (χ0) is 9.97. The van der Waals surface area contributed by atoms with E-state index in [-0.39, 0.29) is 0 Å². The molecule has 0 unspecified atom stereocenters. The summed E-state index contributed by atoms with van der Waals surface area (Å²) in [6.07, 6.45) is 2.72. The SMILES string of the molecule is C[C@H]1C[C@@H](N2CCNCC2)CCN1C. The maximum atomic E-state index is 3.42. The van der Waals surface area contributed by atoms with Gasteiger partial charge in [0, 0.05) is 38.3 Å². The zero-order valence-corrected chi connectivity index (χ0v) is 9.50. The number of rotatable bonds is 1. The van der Waals surface area contributed by atoms with E-state index in [4.69, 9.17) is 0 Å². The lowest BCUT2D eigenvalue weighted by atomic mass is 9.97. The van der Waals surface area contributed by atoms with Crippen LogP contribution in [0.2, 0.25) is 0 Å². The first kappa shape index (κ1) is 10.4. The number of piperidine rings is 1. The molecule has 0 spiro atoms. The van der Waals surface area contributed by atoms with Crippen molar-refractivity contribution in [2.75, 3.05) is 39.8 Å². The van der Waals surface area contributed by atoms with Crippen LogP contribution in [0.3, 0.4) is 0 Å². The molecule has 2 atom stereocenters. The molecule has 0 aromatic rings. The van der Waals surface area contributed by atoms with Crippen LogP contribution < -0.4 is 5.32 Å². The van der Waals surface area contributed by atoms with Gasteiger partial charge in [0.05, 0.1) is 0 Å². The molecule has 0 aromatic carbocycles. The summed E-state index contributed by atoms with van der Waals surface area (Å²) in [6.45, 7) is 8.49. The summed E-state index contributed by atoms with van der Waals surface area (Å²) < 4.78 is 0. The summed E-state index contributed by atoms with van der Waals surface area (Å²) >= 11 is 0. The van der Waals surface area contributed by atoms with Crippen LogP contribution in [0.25, 0.3) is 0 Å². The summed E-state index contributed by atoms with van der Waals surface area (Å²) in [5.74, 6) is 0. The van der Waals surface area contributed by atoms with Gasteiger partial charge in [-0.25, -0.2) is 0 Å². The summed E-state index contributed by atoms with van der Waals surface area (Å²) in [7, 11) is 2.25. The Bertz CT molecular complexity index is 177. The van der Waals surface area contributed by atoms with Crippen LogP contribution in [0.15, 0.2) is 0 Å². The summed E-state index contributed by atoms with van der Waals surface area (Å²) in [6, 6.07) is 1.62. The van der Waals surface area contributed by atoms with Gasteiger partial charge in [0.15, 0.2) is 0 Å². The van der Waals surface area contributed by atoms with E-state index in [1.54, 1.807) is 0 Å². The third-order valence-electron chi connectivity index (χ3n) is 3.85. The third kappa shape index (κ3) is 2.27. The molecule has 1 N–H and O–H groups in total. The molecule has 2 aliphatic heterocycles. The maximum absolute atomic E-state index is 3.42. The van der Waals surface area contributed by atoms with Crippen molar-refractivity contribution in [1.29, 1.82) is 0 Å². The average molecular weight is 197 g/mol. The number of likely N-dealkylation sites (tertiary alicyclic amines) is 1. The molecule has 3 heteroatoms. The van der Waals surface area contributed by atoms with Gasteiger partial charge < -0.3 is 10.2 Å². The lowest BCUT2D eigenvalue weighted by Crippen LogP contribution is -2.53. The van der Waals surface area contributed by atoms with Crippen LogP contribution >= 0.6 is 0 Å². The Morgan fingerprint density at radius 2 is 1.86 bits per heavy atom. The zero-order valence-electron chi connectivity index (χ0n) is 9.50. The van der Waals surface area contributed by atoms with E-state index in [0.717, 1.165) is 12.1 Å². The van der Waals surface area contributed by atoms with Gasteiger partial charge in [-0.3, -0.25) is 4.90 Å². The van der Waals surface area contributed by atoms with E-state index in [1.165, 1.54) is 45.6 Å². The monoisotopic (exact) mass is 197 g/mol. The number of hydrogen-bond acceptors (Lipinski definition) is 3. The quantitative estimate of drug-likeness (QED) is 0.655. The first-order valence-corrected chi connectivity index (χ1v) is 5.92. The van der Waals surface area contributed by atoms with E-state index in [1.807, 2.05) is 0 Å². The molecule has 82 valence electrons. The number of hydrogen-bond donors (Lipinski definition) is 1. The smallest absolute Gasteiger partial charge is 0.0123 e. The molecule has 0 aromatic heterocycles. The van der Waals surface area contributed by atoms with Gasteiger partial charge in [0.25, 0.3) is 0 Å². The van der Waals surface area contributed by atoms with E-state index in [9.17, 15) is 0 Å². The molecule has 0 aliphatic carbocycles. The molecule has 2 aliphatic rings. The highest BCUT2D eigenvalue weighted by atomic mass is 15.2. The van der Waals surface area contributed by atoms with Crippen LogP contribution in [0.5, 0.6) is 0 Å². The van der Waals surface area contributed by atoms with Gasteiger partial charge in [-0.15, -0.1) is 0 Å². The predicted octanol–water partition coefficient (Wildman–Crippen LogP) is 0.374. The Labute approximate surface area is 87.4 Å². The van der Waals surface area contributed by atoms with Crippen molar-refractivity contribution in [2.45, 2.75) is 31.8 Å². The first-order chi connectivity index (χ1) is 6.77. The molecule has 2 rings (SSSR count). The van der Waals surface area contributed by atoms with Gasteiger partial charge in [-0.2, -0.15) is 0 Å². The van der Waals surface area contributed by atoms with Gasteiger partial charge >= 0.3 is 0 Å². The minimum absolute atomic E-state index is 0.767. The van der Waals surface area contributed by atoms with Crippen molar-refractivity contribution in [1.82, 2.24) is 15.1 Å². The topological polar surface area (TPSA) is 18.5 Å². The van der Waals surface area contributed by atoms with Crippen molar-refractivity contribution in [3.8, 4) is 0 Å². The van der Waals surface area contributed by atoms with Crippen LogP contribution in [-0.2, 0) is 0 Å². The average Bonchev–Trinajstić information content (AvgIpc) is 2.23. The van der Waals surface area contributed by atoms with Crippen LogP contribution in [-0.4, -0.2) is 61.7 Å². The van der Waals surface area contributed by atoms with Gasteiger partial charge in [0.1, 0.15) is 0 Å². The normalized spacial score (nSPS) is 37.3. The molecular weight excluding hydrogens is 174 g/mol. The lowest BCUT2D eigenvalue weighted by Gasteiger charge is -2.42. The van der Waals surface area contributed by atoms with E-state index in [2.05, 4.69) is 29.1 Å². The number of piperazine rings is 1. The van der Waals surface area contributed by atoms with Crippen molar-refractivity contribution in [2.24, 2.45) is 0 Å². The van der Waals surface area contributed by atoms with Crippen molar-refractivity contribution < 1.29 is 0 Å². The molecule has 2 heterocycles. The van der Waals surface area contributed by atoms with Crippen molar-refractivity contribution in [3.05, 3.63) is 0 Å². The second-order valence-corrected chi connectivity index (χ2v) is 4.79. The minimum atomic E-state index is 0.767. The lowest BCUT2D eigenvalue weighted by molar-refractivity contribution is 0.0795. The Kier molecular flexibility index (Phi) is 3.42. The van der Waals surface area contributed by atoms with Gasteiger partial charge in [-0.1, -0.05) is 0 Å². The number of nitrogens with one attached hydrogen (secondary N) is 1. The summed E-state index contributed by atoms with van der Waals surface area (Å²) in [5.41, 5.74) is 0. The molecule has 3 nitrogen and oxygen atoms in total. The summed E-state index contributed by atoms with van der Waals surface area (Å²) in [5, 5.41) is 3.42. The Morgan fingerprint density at radius 1 is 1.14 bits per heavy atom. The fourth-order valence-corrected chi connectivity index (χ4v) is 2.64. The van der Waals surface area contributed by atoms with Crippen LogP contribution in [0, 0.1) is 0 Å². The molecule has 2 saturated heterocycles. The molecule has 2 fully saturated rings. The van der Waals surface area contributed by atoms with Crippen LogP contribution in [0.1, 0.15) is 19.8 Å². The van der Waals surface area contributed by atoms with Crippen molar-refractivity contribution in [3.63, 3.8) is 0 Å². The highest BCUT2D eigenvalue weighted by Crippen LogP contribution is 2.20. The fraction of sp³-hybridized carbons (Fsp3) is 1.00. The van der Waals surface area contributed by atoms with Crippen LogP contribution in [0.4, 0.5) is 0 Å². The van der Waals surface area contributed by atoms with E-state index >= 15 is 0 Å². The third-order valence-corrected chi connectivity index (χ3v) is 3.85. The molecule has 0 amide bonds. The first-order valence-electron chi connectivity index (χ1n) is 5.92. The van der Waals surface area contributed by atoms with E-state index < -0.39 is 0 Å². The largest absolute Gasteiger partial charge is 0.314 e.